The molecule has 1 N–H and O–H groups in total. The van der Waals surface area contributed by atoms with Gasteiger partial charge in [0.2, 0.25) is 0 Å². The first-order valence-electron chi connectivity index (χ1n) is 9.18. The molecule has 1 fully saturated rings. The highest BCUT2D eigenvalue weighted by Crippen LogP contribution is 2.36. The molecule has 3 rings (SSSR count). The van der Waals surface area contributed by atoms with Gasteiger partial charge < -0.3 is 14.3 Å². The summed E-state index contributed by atoms with van der Waals surface area (Å²) >= 11 is 6.38. The molecule has 6 nitrogen and oxygen atoms in total. The molecule has 29 heavy (non-hydrogen) atoms. The van der Waals surface area contributed by atoms with Crippen LogP contribution in [-0.4, -0.2) is 39.4 Å². The molecule has 0 saturated carbocycles. The molecule has 0 spiro atoms. The molecule has 1 aliphatic rings. The smallest absolute Gasteiger partial charge is 0.326 e. The van der Waals surface area contributed by atoms with E-state index in [0.29, 0.717) is 29.3 Å². The summed E-state index contributed by atoms with van der Waals surface area (Å²) < 4.78 is 11.2. The van der Waals surface area contributed by atoms with Crippen molar-refractivity contribution in [1.82, 2.24) is 4.90 Å². The third kappa shape index (κ3) is 4.71. The number of nitrogens with zero attached hydrogens (tertiary/aromatic N) is 1. The minimum absolute atomic E-state index is 0.256. The van der Waals surface area contributed by atoms with Crippen LogP contribution in [0.3, 0.4) is 0 Å². The van der Waals surface area contributed by atoms with Gasteiger partial charge in [-0.2, -0.15) is 0 Å². The molecule has 2 aromatic rings. The summed E-state index contributed by atoms with van der Waals surface area (Å²) in [6, 6.07) is 10.1. The lowest BCUT2D eigenvalue weighted by atomic mass is 10.1. The zero-order chi connectivity index (χ0) is 21.0. The summed E-state index contributed by atoms with van der Waals surface area (Å²) in [6.07, 6.45) is 3.52. The summed E-state index contributed by atoms with van der Waals surface area (Å²) in [7, 11) is 1.60. The summed E-state index contributed by atoms with van der Waals surface area (Å²) in [6.45, 7) is 1.97. The van der Waals surface area contributed by atoms with Crippen LogP contribution in [0.2, 0.25) is 0 Å². The second-order valence-electron chi connectivity index (χ2n) is 6.48. The number of carbonyl (C=O) groups is 2. The highest BCUT2D eigenvalue weighted by Gasteiger charge is 2.40. The van der Waals surface area contributed by atoms with Crippen molar-refractivity contribution in [2.24, 2.45) is 0 Å². The van der Waals surface area contributed by atoms with Crippen LogP contribution in [0.4, 0.5) is 0 Å². The Balaban J connectivity index is 1.80. The number of carbonyl (C=O) groups excluding carboxylic acids is 1. The summed E-state index contributed by atoms with van der Waals surface area (Å²) in [5, 5.41) is 9.53. The molecule has 1 aromatic carbocycles. The Bertz CT molecular complexity index is 948. The van der Waals surface area contributed by atoms with Gasteiger partial charge in [-0.25, -0.2) is 4.79 Å². The van der Waals surface area contributed by atoms with Gasteiger partial charge in [-0.05, 0) is 42.8 Å². The maximum Gasteiger partial charge on any atom is 0.326 e. The summed E-state index contributed by atoms with van der Waals surface area (Å²) in [5.41, 5.74) is 0.878. The SMILES string of the molecule is CCCCC(C(=O)O)N1C(=O)/C(=C/c2ccc(-c3ccc(OC)cc3)o2)SC1=S. The second kappa shape index (κ2) is 9.28. The van der Waals surface area contributed by atoms with Gasteiger partial charge in [0.15, 0.2) is 0 Å². The first kappa shape index (κ1) is 21.1. The molecular weight excluding hydrogens is 410 g/mol. The van der Waals surface area contributed by atoms with E-state index in [9.17, 15) is 14.7 Å². The van der Waals surface area contributed by atoms with E-state index in [1.54, 1.807) is 19.3 Å². The van der Waals surface area contributed by atoms with Crippen LogP contribution >= 0.6 is 24.0 Å². The average Bonchev–Trinajstić information content (AvgIpc) is 3.28. The first-order chi connectivity index (χ1) is 13.9. The molecule has 2 heterocycles. The fourth-order valence-electron chi connectivity index (χ4n) is 2.98. The number of ether oxygens (including phenoxy) is 1. The van der Waals surface area contributed by atoms with Crippen molar-refractivity contribution in [3.8, 4) is 17.1 Å². The van der Waals surface area contributed by atoms with Gasteiger partial charge in [-0.15, -0.1) is 0 Å². The molecule has 1 unspecified atom stereocenters. The van der Waals surface area contributed by atoms with Crippen LogP contribution < -0.4 is 4.74 Å². The Labute approximate surface area is 178 Å². The highest BCUT2D eigenvalue weighted by molar-refractivity contribution is 8.26. The van der Waals surface area contributed by atoms with Gasteiger partial charge in [0, 0.05) is 11.6 Å². The van der Waals surface area contributed by atoms with Crippen molar-refractivity contribution in [3.63, 3.8) is 0 Å². The molecule has 1 aromatic heterocycles. The van der Waals surface area contributed by atoms with Gasteiger partial charge in [0.1, 0.15) is 27.6 Å². The van der Waals surface area contributed by atoms with Gasteiger partial charge in [0.25, 0.3) is 5.91 Å². The molecule has 0 radical (unpaired) electrons. The van der Waals surface area contributed by atoms with Crippen molar-refractivity contribution in [2.75, 3.05) is 7.11 Å². The topological polar surface area (TPSA) is 80.0 Å². The molecule has 8 heteroatoms. The zero-order valence-corrected chi connectivity index (χ0v) is 17.7. The number of aliphatic carboxylic acids is 1. The van der Waals surface area contributed by atoms with E-state index in [4.69, 9.17) is 21.4 Å². The van der Waals surface area contributed by atoms with E-state index in [2.05, 4.69) is 0 Å². The lowest BCUT2D eigenvalue weighted by molar-refractivity contribution is -0.145. The number of thiocarbonyl (C=S) groups is 1. The number of hydrogen-bond acceptors (Lipinski definition) is 6. The zero-order valence-electron chi connectivity index (χ0n) is 16.1. The van der Waals surface area contributed by atoms with Crippen molar-refractivity contribution in [2.45, 2.75) is 32.2 Å². The van der Waals surface area contributed by atoms with E-state index >= 15 is 0 Å². The number of hydrogen-bond donors (Lipinski definition) is 1. The predicted molar refractivity (Wildman–Crippen MR) is 117 cm³/mol. The van der Waals surface area contributed by atoms with Gasteiger partial charge in [0.05, 0.1) is 12.0 Å². The normalized spacial score (nSPS) is 16.5. The maximum absolute atomic E-state index is 12.8. The monoisotopic (exact) mass is 431 g/mol. The number of methoxy groups -OCH3 is 1. The molecule has 0 bridgehead atoms. The molecule has 1 amide bonds. The number of carboxylic acids is 1. The third-order valence-corrected chi connectivity index (χ3v) is 5.86. The Morgan fingerprint density at radius 2 is 2.03 bits per heavy atom. The number of benzene rings is 1. The maximum atomic E-state index is 12.8. The van der Waals surface area contributed by atoms with E-state index in [-0.39, 0.29) is 4.32 Å². The number of unbranched alkanes of at least 4 members (excludes halogenated alkanes) is 1. The number of rotatable bonds is 8. The standard InChI is InChI=1S/C21H21NO5S2/c1-3-4-5-16(20(24)25)22-19(23)18(29-21(22)28)12-15-10-11-17(27-15)13-6-8-14(26-2)9-7-13/h6-12,16H,3-5H2,1-2H3,(H,24,25)/b18-12-. The molecule has 1 aliphatic heterocycles. The van der Waals surface area contributed by atoms with Crippen molar-refractivity contribution in [1.29, 1.82) is 0 Å². The fourth-order valence-corrected chi connectivity index (χ4v) is 4.32. The molecule has 152 valence electrons. The second-order valence-corrected chi connectivity index (χ2v) is 8.15. The van der Waals surface area contributed by atoms with E-state index < -0.39 is 17.9 Å². The number of carboxylic acid groups (broad SMARTS) is 1. The number of furan rings is 1. The Hall–Kier alpha value is -2.58. The van der Waals surface area contributed by atoms with E-state index in [1.165, 1.54) is 4.90 Å². The molecule has 1 atom stereocenters. The molecule has 0 aliphatic carbocycles. The van der Waals surface area contributed by atoms with E-state index in [0.717, 1.165) is 29.5 Å². The van der Waals surface area contributed by atoms with Crippen LogP contribution in [0.1, 0.15) is 31.9 Å². The minimum Gasteiger partial charge on any atom is -0.497 e. The van der Waals surface area contributed by atoms with Gasteiger partial charge >= 0.3 is 5.97 Å². The first-order valence-corrected chi connectivity index (χ1v) is 10.4. The Morgan fingerprint density at radius 3 is 2.66 bits per heavy atom. The van der Waals surface area contributed by atoms with Crippen LogP contribution in [0, 0.1) is 0 Å². The largest absolute Gasteiger partial charge is 0.497 e. The highest BCUT2D eigenvalue weighted by atomic mass is 32.2. The third-order valence-electron chi connectivity index (χ3n) is 4.53. The van der Waals surface area contributed by atoms with Crippen molar-refractivity contribution in [3.05, 3.63) is 47.1 Å². The predicted octanol–water partition coefficient (Wildman–Crippen LogP) is 4.80. The van der Waals surface area contributed by atoms with Crippen LogP contribution in [0.5, 0.6) is 5.75 Å². The molecule has 1 saturated heterocycles. The molecular formula is C21H21NO5S2. The Morgan fingerprint density at radius 1 is 1.31 bits per heavy atom. The van der Waals surface area contributed by atoms with E-state index in [1.807, 2.05) is 37.3 Å². The van der Waals surface area contributed by atoms with Crippen LogP contribution in [-0.2, 0) is 9.59 Å². The summed E-state index contributed by atoms with van der Waals surface area (Å²) in [5.74, 6) is 0.458. The number of amides is 1. The lowest BCUT2D eigenvalue weighted by Gasteiger charge is -2.22. The van der Waals surface area contributed by atoms with Crippen molar-refractivity contribution >= 4 is 46.3 Å². The Kier molecular flexibility index (Phi) is 6.76. The van der Waals surface area contributed by atoms with Gasteiger partial charge in [-0.1, -0.05) is 43.7 Å². The van der Waals surface area contributed by atoms with Crippen molar-refractivity contribution < 1.29 is 23.8 Å². The van der Waals surface area contributed by atoms with Crippen LogP contribution in [0.15, 0.2) is 45.7 Å². The summed E-state index contributed by atoms with van der Waals surface area (Å²) in [4.78, 5) is 26.0. The minimum atomic E-state index is -1.05. The quantitative estimate of drug-likeness (QED) is 0.475. The van der Waals surface area contributed by atoms with Gasteiger partial charge in [-0.3, -0.25) is 9.69 Å². The number of thioether (sulfide) groups is 1. The lowest BCUT2D eigenvalue weighted by Crippen LogP contribution is -2.43. The fraction of sp³-hybridized carbons (Fsp3) is 0.286. The average molecular weight is 432 g/mol. The van der Waals surface area contributed by atoms with Crippen LogP contribution in [0.25, 0.3) is 17.4 Å².